The largest absolute Gasteiger partial charge is 0.434 e. The van der Waals surface area contributed by atoms with Crippen LogP contribution in [0.1, 0.15) is 21.1 Å². The number of nitrogens with one attached hydrogen (secondary N) is 2. The number of aryl methyl sites for hydroxylation is 2. The van der Waals surface area contributed by atoms with Crippen LogP contribution in [0.25, 0.3) is 0 Å². The van der Waals surface area contributed by atoms with Gasteiger partial charge in [0.1, 0.15) is 10.8 Å². The lowest BCUT2D eigenvalue weighted by atomic mass is 10.2. The lowest BCUT2D eigenvalue weighted by molar-refractivity contribution is -0.0504. The van der Waals surface area contributed by atoms with Gasteiger partial charge in [0.2, 0.25) is 0 Å². The fraction of sp³-hybridized carbons (Fsp3) is 0.375. The molecule has 2 rings (SSSR count). The van der Waals surface area contributed by atoms with Crippen LogP contribution < -0.4 is 15.4 Å². The van der Waals surface area contributed by atoms with Crippen molar-refractivity contribution in [3.8, 4) is 5.75 Å². The summed E-state index contributed by atoms with van der Waals surface area (Å²) in [5, 5.41) is 7.21. The highest BCUT2D eigenvalue weighted by atomic mass is 79.9. The van der Waals surface area contributed by atoms with Crippen molar-refractivity contribution >= 4 is 33.2 Å². The Morgan fingerprint density at radius 1 is 1.32 bits per heavy atom. The molecule has 0 bridgehead atoms. The van der Waals surface area contributed by atoms with Crippen molar-refractivity contribution in [2.45, 2.75) is 33.5 Å². The van der Waals surface area contributed by atoms with Gasteiger partial charge in [-0.25, -0.2) is 4.98 Å². The average Bonchev–Trinajstić information content (AvgIpc) is 2.88. The number of aliphatic imine (C=N–C) groups is 1. The summed E-state index contributed by atoms with van der Waals surface area (Å²) in [5.74, 6) is 0.681. The van der Waals surface area contributed by atoms with E-state index in [1.54, 1.807) is 30.5 Å². The smallest absolute Gasteiger partial charge is 0.387 e. The number of hydrogen-bond donors (Lipinski definition) is 2. The van der Waals surface area contributed by atoms with E-state index in [0.717, 1.165) is 15.2 Å². The number of hydrogen-bond acceptors (Lipinski definition) is 4. The first-order chi connectivity index (χ1) is 11.9. The molecule has 9 heteroatoms. The first-order valence-corrected chi connectivity index (χ1v) is 9.10. The summed E-state index contributed by atoms with van der Waals surface area (Å²) in [5.41, 5.74) is 1.62. The summed E-state index contributed by atoms with van der Waals surface area (Å²) in [7, 11) is 1.64. The maximum absolute atomic E-state index is 12.5. The minimum absolute atomic E-state index is 0.132. The van der Waals surface area contributed by atoms with E-state index in [2.05, 4.69) is 41.3 Å². The van der Waals surface area contributed by atoms with E-state index < -0.39 is 6.61 Å². The molecule has 1 heterocycles. The average molecular weight is 433 g/mol. The Morgan fingerprint density at radius 3 is 2.64 bits per heavy atom. The Hall–Kier alpha value is -1.74. The molecule has 0 saturated heterocycles. The number of rotatable bonds is 6. The predicted molar refractivity (Wildman–Crippen MR) is 99.4 cm³/mol. The normalized spacial score (nSPS) is 11.7. The van der Waals surface area contributed by atoms with Crippen LogP contribution in [0, 0.1) is 13.8 Å². The number of halogens is 3. The molecule has 25 heavy (non-hydrogen) atoms. The van der Waals surface area contributed by atoms with Crippen LogP contribution >= 0.6 is 27.3 Å². The lowest BCUT2D eigenvalue weighted by Gasteiger charge is -2.14. The molecule has 0 unspecified atom stereocenters. The second-order valence-corrected chi connectivity index (χ2v) is 7.36. The highest BCUT2D eigenvalue weighted by Gasteiger charge is 2.11. The molecule has 0 atom stereocenters. The summed E-state index contributed by atoms with van der Waals surface area (Å²) in [6.07, 6.45) is 0. The number of alkyl halides is 2. The molecule has 0 aliphatic carbocycles. The Kier molecular flexibility index (Phi) is 7.12. The molecule has 2 aromatic rings. The maximum Gasteiger partial charge on any atom is 0.387 e. The van der Waals surface area contributed by atoms with Gasteiger partial charge in [-0.2, -0.15) is 8.78 Å². The maximum atomic E-state index is 12.5. The van der Waals surface area contributed by atoms with E-state index in [1.807, 2.05) is 13.8 Å². The number of nitrogens with zero attached hydrogens (tertiary/aromatic N) is 2. The van der Waals surface area contributed by atoms with Crippen molar-refractivity contribution in [2.24, 2.45) is 4.99 Å². The van der Waals surface area contributed by atoms with Crippen LogP contribution in [0.15, 0.2) is 27.7 Å². The molecule has 0 aliphatic heterocycles. The molecular formula is C16H19BrF2N4OS. The fourth-order valence-electron chi connectivity index (χ4n) is 2.07. The predicted octanol–water partition coefficient (Wildman–Crippen LogP) is 3.99. The standard InChI is InChI=1S/C16H19BrF2N4OS/c1-9-10(2)25-14(23-9)8-22-16(20-3)21-7-11-6-12(17)4-5-13(11)24-15(18)19/h4-6,15H,7-8H2,1-3H3,(H2,20,21,22). The third-order valence-corrected chi connectivity index (χ3v) is 4.95. The van der Waals surface area contributed by atoms with Crippen LogP contribution in [-0.4, -0.2) is 24.6 Å². The van der Waals surface area contributed by atoms with Crippen LogP contribution in [-0.2, 0) is 13.1 Å². The zero-order chi connectivity index (χ0) is 18.4. The summed E-state index contributed by atoms with van der Waals surface area (Å²) in [4.78, 5) is 9.77. The van der Waals surface area contributed by atoms with Crippen LogP contribution in [0.5, 0.6) is 5.75 Å². The topological polar surface area (TPSA) is 58.5 Å². The minimum Gasteiger partial charge on any atom is -0.434 e. The van der Waals surface area contributed by atoms with Crippen molar-refractivity contribution < 1.29 is 13.5 Å². The molecule has 2 N–H and O–H groups in total. The summed E-state index contributed by atoms with van der Waals surface area (Å²) < 4.78 is 30.4. The van der Waals surface area contributed by atoms with E-state index in [1.165, 1.54) is 10.9 Å². The summed E-state index contributed by atoms with van der Waals surface area (Å²) >= 11 is 4.96. The molecule has 0 amide bonds. The SMILES string of the molecule is CN=C(NCc1nc(C)c(C)s1)NCc1cc(Br)ccc1OC(F)F. The van der Waals surface area contributed by atoms with Gasteiger partial charge in [0.15, 0.2) is 5.96 Å². The number of benzene rings is 1. The zero-order valence-corrected chi connectivity index (χ0v) is 16.5. The molecule has 0 fully saturated rings. The quantitative estimate of drug-likeness (QED) is 0.535. The van der Waals surface area contributed by atoms with Gasteiger partial charge >= 0.3 is 6.61 Å². The van der Waals surface area contributed by atoms with Gasteiger partial charge in [-0.05, 0) is 32.0 Å². The molecule has 0 aliphatic rings. The lowest BCUT2D eigenvalue weighted by Crippen LogP contribution is -2.36. The van der Waals surface area contributed by atoms with Crippen molar-refractivity contribution in [2.75, 3.05) is 7.05 Å². The molecular weight excluding hydrogens is 414 g/mol. The van der Waals surface area contributed by atoms with Gasteiger partial charge in [-0.1, -0.05) is 15.9 Å². The van der Waals surface area contributed by atoms with Crippen LogP contribution in [0.2, 0.25) is 0 Å². The highest BCUT2D eigenvalue weighted by molar-refractivity contribution is 9.10. The van der Waals surface area contributed by atoms with Crippen molar-refractivity contribution in [3.05, 3.63) is 43.8 Å². The minimum atomic E-state index is -2.87. The van der Waals surface area contributed by atoms with Gasteiger partial charge in [0.05, 0.1) is 12.2 Å². The Morgan fingerprint density at radius 2 is 2.04 bits per heavy atom. The number of guanidine groups is 1. The molecule has 136 valence electrons. The number of ether oxygens (including phenoxy) is 1. The Bertz CT molecular complexity index is 732. The zero-order valence-electron chi connectivity index (χ0n) is 14.1. The summed E-state index contributed by atoms with van der Waals surface area (Å²) in [6.45, 7) is 1.96. The molecule has 0 radical (unpaired) electrons. The molecule has 1 aromatic carbocycles. The van der Waals surface area contributed by atoms with Gasteiger partial charge in [0.25, 0.3) is 0 Å². The van der Waals surface area contributed by atoms with Gasteiger partial charge in [-0.3, -0.25) is 4.99 Å². The third-order valence-electron chi connectivity index (χ3n) is 3.39. The second-order valence-electron chi connectivity index (χ2n) is 5.16. The van der Waals surface area contributed by atoms with Crippen LogP contribution in [0.4, 0.5) is 8.78 Å². The molecule has 0 spiro atoms. The first kappa shape index (κ1) is 19.6. The number of thiazole rings is 1. The van der Waals surface area contributed by atoms with Gasteiger partial charge in [-0.15, -0.1) is 11.3 Å². The van der Waals surface area contributed by atoms with E-state index in [9.17, 15) is 8.78 Å². The van der Waals surface area contributed by atoms with Crippen molar-refractivity contribution in [1.29, 1.82) is 0 Å². The Balaban J connectivity index is 1.97. The molecule has 0 saturated carbocycles. The van der Waals surface area contributed by atoms with Crippen molar-refractivity contribution in [1.82, 2.24) is 15.6 Å². The molecule has 1 aromatic heterocycles. The monoisotopic (exact) mass is 432 g/mol. The first-order valence-electron chi connectivity index (χ1n) is 7.49. The van der Waals surface area contributed by atoms with E-state index in [4.69, 9.17) is 0 Å². The summed E-state index contributed by atoms with van der Waals surface area (Å²) in [6, 6.07) is 4.89. The molecule has 5 nitrogen and oxygen atoms in total. The van der Waals surface area contributed by atoms with Crippen LogP contribution in [0.3, 0.4) is 0 Å². The Labute approximate surface area is 157 Å². The number of aromatic nitrogens is 1. The van der Waals surface area contributed by atoms with E-state index in [0.29, 0.717) is 18.1 Å². The third kappa shape index (κ3) is 5.93. The van der Waals surface area contributed by atoms with E-state index >= 15 is 0 Å². The second kappa shape index (κ2) is 9.10. The van der Waals surface area contributed by atoms with Gasteiger partial charge < -0.3 is 15.4 Å². The highest BCUT2D eigenvalue weighted by Crippen LogP contribution is 2.24. The van der Waals surface area contributed by atoms with E-state index in [-0.39, 0.29) is 12.3 Å². The van der Waals surface area contributed by atoms with Crippen molar-refractivity contribution in [3.63, 3.8) is 0 Å². The van der Waals surface area contributed by atoms with Gasteiger partial charge in [0, 0.05) is 28.5 Å². The fourth-order valence-corrected chi connectivity index (χ4v) is 3.35.